The predicted molar refractivity (Wildman–Crippen MR) is 208 cm³/mol. The summed E-state index contributed by atoms with van der Waals surface area (Å²) in [4.78, 5) is 0. The quantitative estimate of drug-likeness (QED) is 0.174. The van der Waals surface area contributed by atoms with Crippen molar-refractivity contribution in [1.29, 1.82) is 0 Å². The Morgan fingerprint density at radius 2 is 0.531 bits per heavy atom. The Morgan fingerprint density at radius 3 is 0.959 bits per heavy atom. The van der Waals surface area contributed by atoms with E-state index in [4.69, 9.17) is 0 Å². The van der Waals surface area contributed by atoms with Gasteiger partial charge >= 0.3 is 0 Å². The van der Waals surface area contributed by atoms with Crippen molar-refractivity contribution in [3.05, 3.63) is 200 Å². The van der Waals surface area contributed by atoms with Gasteiger partial charge in [-0.3, -0.25) is 0 Å². The van der Waals surface area contributed by atoms with Crippen LogP contribution in [0.3, 0.4) is 0 Å². The molecule has 1 aromatic heterocycles. The molecule has 0 atom stereocenters. The van der Waals surface area contributed by atoms with Crippen molar-refractivity contribution in [2.45, 2.75) is 0 Å². The summed E-state index contributed by atoms with van der Waals surface area (Å²) in [5.41, 5.74) is 15.7. The zero-order valence-electron chi connectivity index (χ0n) is 27.0. The topological polar surface area (TPSA) is 4.93 Å². The van der Waals surface area contributed by atoms with Crippen molar-refractivity contribution in [3.8, 4) is 61.3 Å². The molecule has 230 valence electrons. The van der Waals surface area contributed by atoms with Crippen LogP contribution in [0.25, 0.3) is 83.1 Å². The number of rotatable bonds is 6. The Kier molecular flexibility index (Phi) is 7.22. The van der Waals surface area contributed by atoms with E-state index in [9.17, 15) is 0 Å². The van der Waals surface area contributed by atoms with Crippen molar-refractivity contribution < 1.29 is 0 Å². The molecule has 9 rings (SSSR count). The average Bonchev–Trinajstić information content (AvgIpc) is 3.52. The SMILES string of the molecule is c1ccc(-c2ccc(-c3ccc4c(c3)c3cc(-c5ccc(-c6ccccc6)cc5)ccc3n4-c3cccc(-c4ccccc4)c3)cc2)cc1. The third-order valence-electron chi connectivity index (χ3n) is 9.63. The molecule has 1 heteroatoms. The van der Waals surface area contributed by atoms with Crippen molar-refractivity contribution in [1.82, 2.24) is 4.57 Å². The minimum absolute atomic E-state index is 1.15. The Hall–Kier alpha value is -6.44. The average molecular weight is 624 g/mol. The van der Waals surface area contributed by atoms with Crippen LogP contribution in [0.15, 0.2) is 200 Å². The van der Waals surface area contributed by atoms with E-state index < -0.39 is 0 Å². The summed E-state index contributed by atoms with van der Waals surface area (Å²) in [6.07, 6.45) is 0. The molecule has 0 aliphatic heterocycles. The standard InChI is InChI=1S/C48H33N/c1-4-11-34(12-5-1)37-19-23-39(24-20-37)42-27-29-47-45(32-42)46-33-43(40-25-21-38(22-26-40)35-13-6-2-7-14-35)28-30-48(46)49(47)44-18-10-17-41(31-44)36-15-8-3-9-16-36/h1-33H. The molecule has 0 fully saturated rings. The summed E-state index contributed by atoms with van der Waals surface area (Å²) in [7, 11) is 0. The zero-order chi connectivity index (χ0) is 32.6. The second-order valence-corrected chi connectivity index (χ2v) is 12.6. The van der Waals surface area contributed by atoms with E-state index in [2.05, 4.69) is 205 Å². The number of hydrogen-bond donors (Lipinski definition) is 0. The highest BCUT2D eigenvalue weighted by molar-refractivity contribution is 6.11. The lowest BCUT2D eigenvalue weighted by molar-refractivity contribution is 1.18. The van der Waals surface area contributed by atoms with Gasteiger partial charge in [-0.1, -0.05) is 164 Å². The fourth-order valence-corrected chi connectivity index (χ4v) is 7.09. The molecule has 49 heavy (non-hydrogen) atoms. The smallest absolute Gasteiger partial charge is 0.0541 e. The summed E-state index contributed by atoms with van der Waals surface area (Å²) in [6.45, 7) is 0. The van der Waals surface area contributed by atoms with Gasteiger partial charge in [-0.15, -0.1) is 0 Å². The van der Waals surface area contributed by atoms with Gasteiger partial charge in [0.05, 0.1) is 11.0 Å². The first-order valence-corrected chi connectivity index (χ1v) is 16.8. The zero-order valence-corrected chi connectivity index (χ0v) is 27.0. The van der Waals surface area contributed by atoms with E-state index >= 15 is 0 Å². The summed E-state index contributed by atoms with van der Waals surface area (Å²) in [5.74, 6) is 0. The lowest BCUT2D eigenvalue weighted by Gasteiger charge is -2.11. The molecule has 0 amide bonds. The highest BCUT2D eigenvalue weighted by Crippen LogP contribution is 2.38. The Balaban J connectivity index is 1.19. The maximum atomic E-state index is 2.42. The molecule has 0 spiro atoms. The fourth-order valence-electron chi connectivity index (χ4n) is 7.09. The van der Waals surface area contributed by atoms with Crippen molar-refractivity contribution >= 4 is 21.8 Å². The Bertz CT molecular complexity index is 2400. The molecule has 0 aliphatic rings. The van der Waals surface area contributed by atoms with Crippen LogP contribution in [-0.4, -0.2) is 4.57 Å². The van der Waals surface area contributed by atoms with Gasteiger partial charge < -0.3 is 4.57 Å². The predicted octanol–water partition coefficient (Wildman–Crippen LogP) is 13.1. The monoisotopic (exact) mass is 623 g/mol. The van der Waals surface area contributed by atoms with E-state index in [1.54, 1.807) is 0 Å². The minimum atomic E-state index is 1.15. The Morgan fingerprint density at radius 1 is 0.224 bits per heavy atom. The van der Waals surface area contributed by atoms with Gasteiger partial charge in [-0.05, 0) is 92.0 Å². The van der Waals surface area contributed by atoms with Crippen LogP contribution in [-0.2, 0) is 0 Å². The fraction of sp³-hybridized carbons (Fsp3) is 0. The molecule has 0 saturated heterocycles. The lowest BCUT2D eigenvalue weighted by atomic mass is 9.97. The van der Waals surface area contributed by atoms with Crippen LogP contribution in [0.1, 0.15) is 0 Å². The van der Waals surface area contributed by atoms with E-state index in [0.29, 0.717) is 0 Å². The Labute approximate surface area is 287 Å². The molecule has 0 saturated carbocycles. The molecule has 0 bridgehead atoms. The van der Waals surface area contributed by atoms with Crippen LogP contribution in [0.2, 0.25) is 0 Å². The van der Waals surface area contributed by atoms with Gasteiger partial charge in [0, 0.05) is 16.5 Å². The highest BCUT2D eigenvalue weighted by Gasteiger charge is 2.15. The maximum absolute atomic E-state index is 2.42. The first-order chi connectivity index (χ1) is 24.3. The molecule has 0 radical (unpaired) electrons. The van der Waals surface area contributed by atoms with Gasteiger partial charge in [0.1, 0.15) is 0 Å². The third-order valence-corrected chi connectivity index (χ3v) is 9.63. The molecule has 8 aromatic carbocycles. The van der Waals surface area contributed by atoms with Crippen LogP contribution >= 0.6 is 0 Å². The molecule has 0 aliphatic carbocycles. The van der Waals surface area contributed by atoms with Crippen LogP contribution < -0.4 is 0 Å². The number of nitrogens with zero attached hydrogens (tertiary/aromatic N) is 1. The van der Waals surface area contributed by atoms with Gasteiger partial charge in [0.15, 0.2) is 0 Å². The number of hydrogen-bond acceptors (Lipinski definition) is 0. The first kappa shape index (κ1) is 28.8. The molecule has 0 unspecified atom stereocenters. The van der Waals surface area contributed by atoms with Crippen LogP contribution in [0, 0.1) is 0 Å². The van der Waals surface area contributed by atoms with Crippen molar-refractivity contribution in [2.75, 3.05) is 0 Å². The molecule has 0 N–H and O–H groups in total. The third kappa shape index (κ3) is 5.42. The number of aromatic nitrogens is 1. The van der Waals surface area contributed by atoms with E-state index in [0.717, 1.165) is 5.69 Å². The van der Waals surface area contributed by atoms with Crippen LogP contribution in [0.5, 0.6) is 0 Å². The second kappa shape index (κ2) is 12.3. The minimum Gasteiger partial charge on any atom is -0.309 e. The van der Waals surface area contributed by atoms with Crippen LogP contribution in [0.4, 0.5) is 0 Å². The molecular weight excluding hydrogens is 591 g/mol. The van der Waals surface area contributed by atoms with Crippen molar-refractivity contribution in [3.63, 3.8) is 0 Å². The second-order valence-electron chi connectivity index (χ2n) is 12.6. The number of fused-ring (bicyclic) bond motifs is 3. The summed E-state index contributed by atoms with van der Waals surface area (Å²) in [5, 5.41) is 2.49. The molecular formula is C48H33N. The van der Waals surface area contributed by atoms with E-state index in [1.165, 1.54) is 77.4 Å². The first-order valence-electron chi connectivity index (χ1n) is 16.8. The largest absolute Gasteiger partial charge is 0.309 e. The molecule has 1 nitrogen and oxygen atoms in total. The van der Waals surface area contributed by atoms with E-state index in [1.807, 2.05) is 0 Å². The highest BCUT2D eigenvalue weighted by atomic mass is 15.0. The van der Waals surface area contributed by atoms with E-state index in [-0.39, 0.29) is 0 Å². The summed E-state index contributed by atoms with van der Waals surface area (Å²) < 4.78 is 2.42. The van der Waals surface area contributed by atoms with Gasteiger partial charge in [-0.25, -0.2) is 0 Å². The summed E-state index contributed by atoms with van der Waals surface area (Å²) >= 11 is 0. The lowest BCUT2D eigenvalue weighted by Crippen LogP contribution is -1.94. The van der Waals surface area contributed by atoms with Gasteiger partial charge in [0.2, 0.25) is 0 Å². The molecule has 9 aromatic rings. The van der Waals surface area contributed by atoms with Gasteiger partial charge in [0.25, 0.3) is 0 Å². The van der Waals surface area contributed by atoms with Gasteiger partial charge in [-0.2, -0.15) is 0 Å². The van der Waals surface area contributed by atoms with Crippen molar-refractivity contribution in [2.24, 2.45) is 0 Å². The summed E-state index contributed by atoms with van der Waals surface area (Å²) in [6, 6.07) is 72.4. The molecule has 1 heterocycles. The normalized spacial score (nSPS) is 11.3. The number of benzene rings is 8. The maximum Gasteiger partial charge on any atom is 0.0541 e.